The van der Waals surface area contributed by atoms with Gasteiger partial charge in [-0.15, -0.1) is 0 Å². The summed E-state index contributed by atoms with van der Waals surface area (Å²) in [6.07, 6.45) is 0. The molecule has 0 radical (unpaired) electrons. The average Bonchev–Trinajstić information content (AvgIpc) is 3.96. The Balaban J connectivity index is 1.05. The van der Waals surface area contributed by atoms with Crippen LogP contribution in [0.5, 0.6) is 0 Å². The van der Waals surface area contributed by atoms with Crippen LogP contribution < -0.4 is 0 Å². The minimum Gasteiger partial charge on any atom is -0.456 e. The number of rotatable bonds is 5. The zero-order valence-corrected chi connectivity index (χ0v) is 33.0. The quantitative estimate of drug-likeness (QED) is 0.162. The molecular formula is C52H30IN3O2. The third-order valence-electron chi connectivity index (χ3n) is 11.3. The van der Waals surface area contributed by atoms with Gasteiger partial charge in [0.15, 0.2) is 11.6 Å². The SMILES string of the molecule is Ic1c(-c2ccccc2)nc(-c2cccc(-c3ccc4c(c3)oc3cccc(-c5ccccc5)c34)c2)nc1-n1c2ccccc2c2c3oc4ccccc4c3ccc21. The molecule has 0 aliphatic rings. The fourth-order valence-electron chi connectivity index (χ4n) is 8.66. The van der Waals surface area contributed by atoms with Crippen LogP contribution in [0.1, 0.15) is 0 Å². The number of hydrogen-bond donors (Lipinski definition) is 0. The average molecular weight is 856 g/mol. The zero-order valence-electron chi connectivity index (χ0n) is 30.9. The van der Waals surface area contributed by atoms with E-state index in [-0.39, 0.29) is 0 Å². The lowest BCUT2D eigenvalue weighted by atomic mass is 9.97. The molecule has 12 rings (SSSR count). The summed E-state index contributed by atoms with van der Waals surface area (Å²) in [5.74, 6) is 1.46. The molecule has 0 N–H and O–H groups in total. The Labute approximate surface area is 346 Å². The molecule has 6 heteroatoms. The van der Waals surface area contributed by atoms with Crippen LogP contribution in [0.25, 0.3) is 116 Å². The van der Waals surface area contributed by atoms with Gasteiger partial charge >= 0.3 is 0 Å². The van der Waals surface area contributed by atoms with Gasteiger partial charge < -0.3 is 8.83 Å². The van der Waals surface area contributed by atoms with Crippen LogP contribution in [0.15, 0.2) is 191 Å². The Kier molecular flexibility index (Phi) is 7.43. The second-order valence-electron chi connectivity index (χ2n) is 14.6. The molecule has 0 bridgehead atoms. The molecule has 272 valence electrons. The smallest absolute Gasteiger partial charge is 0.162 e. The van der Waals surface area contributed by atoms with Gasteiger partial charge in [-0.3, -0.25) is 4.57 Å². The lowest BCUT2D eigenvalue weighted by molar-refractivity contribution is 0.669. The summed E-state index contributed by atoms with van der Waals surface area (Å²) in [4.78, 5) is 10.7. The maximum absolute atomic E-state index is 6.61. The molecule has 0 saturated heterocycles. The largest absolute Gasteiger partial charge is 0.456 e. The maximum atomic E-state index is 6.61. The van der Waals surface area contributed by atoms with Gasteiger partial charge in [0.05, 0.1) is 25.7 Å². The lowest BCUT2D eigenvalue weighted by Crippen LogP contribution is -2.06. The van der Waals surface area contributed by atoms with Crippen molar-refractivity contribution < 1.29 is 8.83 Å². The van der Waals surface area contributed by atoms with Crippen molar-refractivity contribution in [2.45, 2.75) is 0 Å². The minimum absolute atomic E-state index is 0.643. The molecule has 0 atom stereocenters. The molecule has 4 aromatic heterocycles. The highest BCUT2D eigenvalue weighted by atomic mass is 127. The monoisotopic (exact) mass is 855 g/mol. The Morgan fingerprint density at radius 1 is 0.414 bits per heavy atom. The lowest BCUT2D eigenvalue weighted by Gasteiger charge is -2.15. The Hall–Kier alpha value is -7.03. The molecule has 4 heterocycles. The molecule has 8 aromatic carbocycles. The van der Waals surface area contributed by atoms with Crippen LogP contribution in [0.2, 0.25) is 0 Å². The summed E-state index contributed by atoms with van der Waals surface area (Å²) in [5, 5.41) is 6.61. The molecule has 0 spiro atoms. The summed E-state index contributed by atoms with van der Waals surface area (Å²) >= 11 is 2.43. The molecule has 12 aromatic rings. The normalized spacial score (nSPS) is 11.9. The maximum Gasteiger partial charge on any atom is 0.162 e. The van der Waals surface area contributed by atoms with Gasteiger partial charge in [-0.05, 0) is 93.4 Å². The first-order valence-electron chi connectivity index (χ1n) is 19.3. The standard InChI is InChI=1S/C52H30IN3O2/c53-48-49(32-15-5-2-6-16-32)54-51(55-52(48)56-41-22-9-7-20-39(41)47-42(56)28-27-38-37-19-8-10-23-43(37)58-50(38)47)35-18-11-17-33(29-35)34-25-26-40-45(30-34)57-44-24-12-21-36(46(40)44)31-13-3-1-4-14-31/h1-30H. The Morgan fingerprint density at radius 2 is 1.09 bits per heavy atom. The highest BCUT2D eigenvalue weighted by Crippen LogP contribution is 2.43. The predicted molar refractivity (Wildman–Crippen MR) is 245 cm³/mol. The number of hydrogen-bond acceptors (Lipinski definition) is 4. The summed E-state index contributed by atoms with van der Waals surface area (Å²) in [6, 6.07) is 63.4. The van der Waals surface area contributed by atoms with E-state index in [0.29, 0.717) is 5.82 Å². The fraction of sp³-hybridized carbons (Fsp3) is 0. The van der Waals surface area contributed by atoms with Crippen molar-refractivity contribution in [3.05, 3.63) is 186 Å². The van der Waals surface area contributed by atoms with Crippen molar-refractivity contribution in [2.75, 3.05) is 0 Å². The van der Waals surface area contributed by atoms with Crippen LogP contribution in [0.4, 0.5) is 0 Å². The van der Waals surface area contributed by atoms with Gasteiger partial charge in [-0.2, -0.15) is 0 Å². The van der Waals surface area contributed by atoms with E-state index in [0.717, 1.165) is 109 Å². The van der Waals surface area contributed by atoms with E-state index < -0.39 is 0 Å². The van der Waals surface area contributed by atoms with Crippen LogP contribution in [-0.4, -0.2) is 14.5 Å². The second kappa shape index (κ2) is 13.0. The molecule has 5 nitrogen and oxygen atoms in total. The van der Waals surface area contributed by atoms with Crippen molar-refractivity contribution >= 4 is 88.3 Å². The molecule has 0 aliphatic carbocycles. The first-order valence-corrected chi connectivity index (χ1v) is 20.3. The molecule has 0 amide bonds. The van der Waals surface area contributed by atoms with E-state index in [2.05, 4.69) is 185 Å². The summed E-state index contributed by atoms with van der Waals surface area (Å²) < 4.78 is 16.4. The minimum atomic E-state index is 0.643. The van der Waals surface area contributed by atoms with Crippen molar-refractivity contribution in [1.82, 2.24) is 14.5 Å². The number of furan rings is 2. The molecule has 58 heavy (non-hydrogen) atoms. The topological polar surface area (TPSA) is 57.0 Å². The van der Waals surface area contributed by atoms with Crippen molar-refractivity contribution in [2.24, 2.45) is 0 Å². The van der Waals surface area contributed by atoms with Gasteiger partial charge in [0.2, 0.25) is 0 Å². The molecule has 0 saturated carbocycles. The predicted octanol–water partition coefficient (Wildman–Crippen LogP) is 14.6. The molecular weight excluding hydrogens is 825 g/mol. The summed E-state index contributed by atoms with van der Waals surface area (Å²) in [6.45, 7) is 0. The van der Waals surface area contributed by atoms with E-state index in [9.17, 15) is 0 Å². The number of fused-ring (bicyclic) bond motifs is 10. The Bertz CT molecular complexity index is 3580. The zero-order chi connectivity index (χ0) is 38.3. The van der Waals surface area contributed by atoms with Crippen LogP contribution in [-0.2, 0) is 0 Å². The van der Waals surface area contributed by atoms with Gasteiger partial charge in [0.1, 0.15) is 22.3 Å². The highest BCUT2D eigenvalue weighted by molar-refractivity contribution is 14.1. The van der Waals surface area contributed by atoms with E-state index in [4.69, 9.17) is 18.8 Å². The Morgan fingerprint density at radius 3 is 1.95 bits per heavy atom. The second-order valence-corrected chi connectivity index (χ2v) is 15.7. The van der Waals surface area contributed by atoms with Crippen LogP contribution >= 0.6 is 22.6 Å². The van der Waals surface area contributed by atoms with E-state index in [1.54, 1.807) is 0 Å². The van der Waals surface area contributed by atoms with E-state index in [1.807, 2.05) is 24.3 Å². The number of nitrogens with zero attached hydrogens (tertiary/aromatic N) is 3. The van der Waals surface area contributed by atoms with E-state index in [1.165, 1.54) is 5.56 Å². The number of para-hydroxylation sites is 2. The third kappa shape index (κ3) is 5.08. The van der Waals surface area contributed by atoms with E-state index >= 15 is 0 Å². The van der Waals surface area contributed by atoms with Crippen molar-refractivity contribution in [1.29, 1.82) is 0 Å². The molecule has 0 aliphatic heterocycles. The first-order chi connectivity index (χ1) is 28.7. The molecule has 0 fully saturated rings. The van der Waals surface area contributed by atoms with Crippen LogP contribution in [0.3, 0.4) is 0 Å². The van der Waals surface area contributed by atoms with Crippen molar-refractivity contribution in [3.8, 4) is 50.7 Å². The number of aromatic nitrogens is 3. The van der Waals surface area contributed by atoms with Crippen molar-refractivity contribution in [3.63, 3.8) is 0 Å². The van der Waals surface area contributed by atoms with Gasteiger partial charge in [-0.25, -0.2) is 9.97 Å². The van der Waals surface area contributed by atoms with Gasteiger partial charge in [0.25, 0.3) is 0 Å². The van der Waals surface area contributed by atoms with Gasteiger partial charge in [0, 0.05) is 38.1 Å². The van der Waals surface area contributed by atoms with Gasteiger partial charge in [-0.1, -0.05) is 133 Å². The number of benzene rings is 8. The highest BCUT2D eigenvalue weighted by Gasteiger charge is 2.24. The van der Waals surface area contributed by atoms with Crippen LogP contribution in [0, 0.1) is 3.57 Å². The molecule has 0 unspecified atom stereocenters. The fourth-order valence-corrected chi connectivity index (χ4v) is 9.46. The first kappa shape index (κ1) is 33.1. The summed E-state index contributed by atoms with van der Waals surface area (Å²) in [7, 11) is 0. The number of halogens is 1. The third-order valence-corrected chi connectivity index (χ3v) is 12.3. The summed E-state index contributed by atoms with van der Waals surface area (Å²) in [5.41, 5.74) is 12.8.